The van der Waals surface area contributed by atoms with Crippen LogP contribution in [-0.2, 0) is 23.8 Å². The second-order valence-electron chi connectivity index (χ2n) is 22.2. The molecule has 0 saturated carbocycles. The number of rotatable bonds is 54. The second kappa shape index (κ2) is 56.1. The summed E-state index contributed by atoms with van der Waals surface area (Å²) in [7, 11) is 0. The maximum absolute atomic E-state index is 13.5. The van der Waals surface area contributed by atoms with Crippen molar-refractivity contribution in [1.29, 1.82) is 0 Å². The first kappa shape index (κ1) is 74.6. The molecule has 1 fully saturated rings. The molecule has 1 aliphatic rings. The van der Waals surface area contributed by atoms with Crippen molar-refractivity contribution in [2.45, 2.75) is 314 Å². The molecule has 1 rings (SSSR count). The Kier molecular flexibility index (Phi) is 52.3. The summed E-state index contributed by atoms with van der Waals surface area (Å²) in [4.78, 5) is 26.6. The molecule has 0 spiro atoms. The topological polar surface area (TPSA) is 175 Å². The molecule has 1 saturated heterocycles. The van der Waals surface area contributed by atoms with Gasteiger partial charge in [0.15, 0.2) is 12.4 Å². The van der Waals surface area contributed by atoms with Crippen LogP contribution in [0.2, 0.25) is 0 Å². The molecule has 0 aromatic rings. The predicted octanol–water partition coefficient (Wildman–Crippen LogP) is 15.9. The van der Waals surface area contributed by atoms with Crippen molar-refractivity contribution in [1.82, 2.24) is 5.32 Å². The van der Waals surface area contributed by atoms with E-state index in [0.29, 0.717) is 12.8 Å². The fraction of sp³-hybridized carbons (Fsp3) is 0.739. The first-order chi connectivity index (χ1) is 39.2. The van der Waals surface area contributed by atoms with Gasteiger partial charge < -0.3 is 45.1 Å². The van der Waals surface area contributed by atoms with Gasteiger partial charge in [-0.3, -0.25) is 9.59 Å². The van der Waals surface area contributed by atoms with Crippen LogP contribution >= 0.6 is 0 Å². The summed E-state index contributed by atoms with van der Waals surface area (Å²) in [5, 5.41) is 57.0. The summed E-state index contributed by atoms with van der Waals surface area (Å²) in [5.41, 5.74) is 0. The number of hydrogen-bond donors (Lipinski definition) is 6. The van der Waals surface area contributed by atoms with Crippen LogP contribution in [0.25, 0.3) is 0 Å². The van der Waals surface area contributed by atoms with Crippen molar-refractivity contribution in [3.8, 4) is 0 Å². The van der Waals surface area contributed by atoms with E-state index in [1.807, 2.05) is 54.7 Å². The molecule has 1 amide bonds. The SMILES string of the molecule is CC/C=C/C=C/C=C\C=C/C=C/CCCCCC(=O)OC1C(OCC(NC(=O)C(O)CCCCCCCCCCCCCCCC/C=C\C/C=C\CCCCC)C(O)/C=C/CCCCCCCCCCCC)OC(CO)C(O)C1O. The monoisotopic (exact) mass is 1120 g/mol. The van der Waals surface area contributed by atoms with Gasteiger partial charge >= 0.3 is 5.97 Å². The third-order valence-corrected chi connectivity index (χ3v) is 14.8. The van der Waals surface area contributed by atoms with Crippen molar-refractivity contribution >= 4 is 11.9 Å². The normalized spacial score (nSPS) is 19.4. The number of amides is 1. The molecule has 0 bridgehead atoms. The molecule has 80 heavy (non-hydrogen) atoms. The quantitative estimate of drug-likeness (QED) is 0.0149. The summed E-state index contributed by atoms with van der Waals surface area (Å²) >= 11 is 0. The van der Waals surface area contributed by atoms with Gasteiger partial charge in [-0.25, -0.2) is 0 Å². The third kappa shape index (κ3) is 43.3. The van der Waals surface area contributed by atoms with Crippen LogP contribution in [0.3, 0.4) is 0 Å². The van der Waals surface area contributed by atoms with E-state index >= 15 is 0 Å². The molecule has 0 radical (unpaired) electrons. The molecule has 1 aliphatic heterocycles. The largest absolute Gasteiger partial charge is 0.454 e. The van der Waals surface area contributed by atoms with Gasteiger partial charge in [0, 0.05) is 6.42 Å². The molecule has 0 aliphatic carbocycles. The highest BCUT2D eigenvalue weighted by Gasteiger charge is 2.47. The summed E-state index contributed by atoms with van der Waals surface area (Å²) in [6, 6.07) is -1.04. The molecular formula is C69H119NO10. The standard InChI is InChI=1S/C69H119NO10/c1-4-7-10-13-16-19-22-25-27-28-29-30-31-32-33-34-35-37-38-41-44-47-50-53-56-62(73)68(77)70-60(61(72)55-52-49-46-43-40-24-21-18-15-12-9-6-3)59-78-69-67(66(76)65(75)63(58-71)79-69)80-64(74)57-54-51-48-45-42-39-36-26-23-20-17-14-11-8-5-2/h8,11,14,16-17,19-20,23,25-27,36,39,42,52,55,60-63,65-67,69,71-73,75-76H,4-7,9-10,12-13,15,18,21-22,24,28-35,37-38,40-41,43-51,53-54,56-59H2,1-3H3,(H,70,77)/b11-8+,17-14+,19-16-,23-20-,27-25-,36-26-,42-39+,55-52+. The van der Waals surface area contributed by atoms with Crippen LogP contribution in [-0.4, -0.2) is 99.6 Å². The van der Waals surface area contributed by atoms with Crippen molar-refractivity contribution < 1.29 is 49.3 Å². The molecule has 8 atom stereocenters. The van der Waals surface area contributed by atoms with Crippen molar-refractivity contribution in [2.75, 3.05) is 13.2 Å². The van der Waals surface area contributed by atoms with Crippen molar-refractivity contribution in [2.24, 2.45) is 0 Å². The van der Waals surface area contributed by atoms with E-state index in [2.05, 4.69) is 62.5 Å². The van der Waals surface area contributed by atoms with E-state index in [4.69, 9.17) is 14.2 Å². The number of unbranched alkanes of at least 4 members (excludes halogenated alkanes) is 30. The Bertz CT molecular complexity index is 1670. The molecular weight excluding hydrogens is 1000 g/mol. The van der Waals surface area contributed by atoms with Crippen molar-refractivity contribution in [3.63, 3.8) is 0 Å². The Morgan fingerprint density at radius 2 is 0.950 bits per heavy atom. The zero-order chi connectivity index (χ0) is 58.2. The molecule has 8 unspecified atom stereocenters. The number of carbonyl (C=O) groups excluding carboxylic acids is 2. The van der Waals surface area contributed by atoms with Crippen LogP contribution in [0, 0.1) is 0 Å². The number of aliphatic hydroxyl groups is 5. The highest BCUT2D eigenvalue weighted by molar-refractivity contribution is 5.80. The predicted molar refractivity (Wildman–Crippen MR) is 333 cm³/mol. The molecule has 0 aromatic carbocycles. The Hall–Kier alpha value is -3.42. The number of allylic oxidation sites excluding steroid dienone is 15. The van der Waals surface area contributed by atoms with E-state index in [9.17, 15) is 35.1 Å². The summed E-state index contributed by atoms with van der Waals surface area (Å²) in [6.45, 7) is 5.60. The number of ether oxygens (including phenoxy) is 3. The van der Waals surface area contributed by atoms with E-state index in [0.717, 1.165) is 70.6 Å². The van der Waals surface area contributed by atoms with Crippen LogP contribution < -0.4 is 5.32 Å². The number of esters is 1. The Morgan fingerprint density at radius 3 is 1.48 bits per heavy atom. The average Bonchev–Trinajstić information content (AvgIpc) is 3.48. The molecule has 460 valence electrons. The highest BCUT2D eigenvalue weighted by atomic mass is 16.7. The van der Waals surface area contributed by atoms with Gasteiger partial charge in [-0.05, 0) is 77.0 Å². The van der Waals surface area contributed by atoms with Gasteiger partial charge in [0.2, 0.25) is 5.91 Å². The van der Waals surface area contributed by atoms with Gasteiger partial charge in [0.1, 0.15) is 24.4 Å². The van der Waals surface area contributed by atoms with E-state index < -0.39 is 67.4 Å². The number of aliphatic hydroxyl groups excluding tert-OH is 5. The minimum Gasteiger partial charge on any atom is -0.454 e. The first-order valence-corrected chi connectivity index (χ1v) is 32.6. The summed E-state index contributed by atoms with van der Waals surface area (Å²) in [6.07, 6.45) is 64.5. The highest BCUT2D eigenvalue weighted by Crippen LogP contribution is 2.26. The lowest BCUT2D eigenvalue weighted by molar-refractivity contribution is -0.305. The average molecular weight is 1120 g/mol. The summed E-state index contributed by atoms with van der Waals surface area (Å²) < 4.78 is 17.6. The molecule has 1 heterocycles. The summed E-state index contributed by atoms with van der Waals surface area (Å²) in [5.74, 6) is -1.24. The lowest BCUT2D eigenvalue weighted by Gasteiger charge is -2.41. The van der Waals surface area contributed by atoms with Gasteiger partial charge in [0.25, 0.3) is 0 Å². The minimum atomic E-state index is -1.64. The lowest BCUT2D eigenvalue weighted by atomic mass is 9.99. The maximum atomic E-state index is 13.5. The minimum absolute atomic E-state index is 0.0708. The number of carbonyl (C=O) groups is 2. The zero-order valence-electron chi connectivity index (χ0n) is 50.9. The molecule has 11 nitrogen and oxygen atoms in total. The fourth-order valence-electron chi connectivity index (χ4n) is 9.70. The van der Waals surface area contributed by atoms with Crippen LogP contribution in [0.1, 0.15) is 265 Å². The van der Waals surface area contributed by atoms with E-state index in [1.165, 1.54) is 148 Å². The van der Waals surface area contributed by atoms with Gasteiger partial charge in [-0.1, -0.05) is 279 Å². The molecule has 0 aromatic heterocycles. The molecule has 11 heteroatoms. The van der Waals surface area contributed by atoms with Gasteiger partial charge in [-0.2, -0.15) is 0 Å². The Labute approximate surface area is 488 Å². The van der Waals surface area contributed by atoms with Crippen LogP contribution in [0.4, 0.5) is 0 Å². The lowest BCUT2D eigenvalue weighted by Crippen LogP contribution is -2.61. The van der Waals surface area contributed by atoms with Crippen LogP contribution in [0.15, 0.2) is 97.2 Å². The Balaban J connectivity index is 2.63. The van der Waals surface area contributed by atoms with Crippen LogP contribution in [0.5, 0.6) is 0 Å². The smallest absolute Gasteiger partial charge is 0.306 e. The molecule has 6 N–H and O–H groups in total. The first-order valence-electron chi connectivity index (χ1n) is 32.6. The number of nitrogens with one attached hydrogen (secondary N) is 1. The number of hydrogen-bond acceptors (Lipinski definition) is 10. The zero-order valence-corrected chi connectivity index (χ0v) is 50.9. The van der Waals surface area contributed by atoms with E-state index in [-0.39, 0.29) is 19.4 Å². The third-order valence-electron chi connectivity index (χ3n) is 14.8. The van der Waals surface area contributed by atoms with Gasteiger partial charge in [-0.15, -0.1) is 0 Å². The maximum Gasteiger partial charge on any atom is 0.306 e. The Morgan fingerprint density at radius 1 is 0.512 bits per heavy atom. The fourth-order valence-corrected chi connectivity index (χ4v) is 9.70. The van der Waals surface area contributed by atoms with Crippen molar-refractivity contribution in [3.05, 3.63) is 97.2 Å². The van der Waals surface area contributed by atoms with Gasteiger partial charge in [0.05, 0.1) is 25.4 Å². The second-order valence-corrected chi connectivity index (χ2v) is 22.2. The van der Waals surface area contributed by atoms with E-state index in [1.54, 1.807) is 6.08 Å².